The van der Waals surface area contributed by atoms with Gasteiger partial charge in [-0.3, -0.25) is 10.1 Å². The number of nitro groups is 1. The second-order valence-corrected chi connectivity index (χ2v) is 4.70. The number of phenolic OH excluding ortho intramolecular Hbond substituents is 1. The van der Waals surface area contributed by atoms with Crippen molar-refractivity contribution in [2.75, 3.05) is 0 Å². The number of aromatic hydroxyl groups is 1. The van der Waals surface area contributed by atoms with Crippen molar-refractivity contribution in [1.82, 2.24) is 0 Å². The molecular formula is C11H13NO5. The molecule has 0 radical (unpaired) electrons. The molecule has 0 aliphatic heterocycles. The fourth-order valence-corrected chi connectivity index (χ4v) is 1.45. The van der Waals surface area contributed by atoms with Crippen LogP contribution in [-0.2, 0) is 5.41 Å². The first-order valence-electron chi connectivity index (χ1n) is 4.89. The summed E-state index contributed by atoms with van der Waals surface area (Å²) < 4.78 is 0. The van der Waals surface area contributed by atoms with Gasteiger partial charge in [-0.25, -0.2) is 4.79 Å². The molecule has 1 rings (SSSR count). The van der Waals surface area contributed by atoms with E-state index in [4.69, 9.17) is 5.11 Å². The molecule has 0 aliphatic carbocycles. The average molecular weight is 239 g/mol. The summed E-state index contributed by atoms with van der Waals surface area (Å²) in [5, 5.41) is 29.4. The van der Waals surface area contributed by atoms with Crippen molar-refractivity contribution in [3.05, 3.63) is 33.4 Å². The van der Waals surface area contributed by atoms with Gasteiger partial charge >= 0.3 is 11.7 Å². The van der Waals surface area contributed by atoms with Crippen molar-refractivity contribution in [3.63, 3.8) is 0 Å². The number of benzene rings is 1. The van der Waals surface area contributed by atoms with E-state index in [1.807, 2.05) is 0 Å². The van der Waals surface area contributed by atoms with E-state index in [9.17, 15) is 20.0 Å². The minimum Gasteiger partial charge on any atom is -0.502 e. The zero-order valence-electron chi connectivity index (χ0n) is 9.72. The minimum atomic E-state index is -1.27. The van der Waals surface area contributed by atoms with Gasteiger partial charge in [0.25, 0.3) is 0 Å². The Morgan fingerprint density at radius 3 is 2.24 bits per heavy atom. The molecule has 6 heteroatoms. The standard InChI is InChI=1S/C11H13NO5/c1-11(2,3)7-4-6(10(14)15)5-8(9(7)13)12(16)17/h4-5,13H,1-3H3,(H,14,15). The van der Waals surface area contributed by atoms with Gasteiger partial charge in [0.15, 0.2) is 5.75 Å². The van der Waals surface area contributed by atoms with Crippen LogP contribution in [0.4, 0.5) is 5.69 Å². The summed E-state index contributed by atoms with van der Waals surface area (Å²) in [4.78, 5) is 20.8. The molecule has 0 fully saturated rings. The lowest BCUT2D eigenvalue weighted by Gasteiger charge is -2.20. The number of aromatic carboxylic acids is 1. The van der Waals surface area contributed by atoms with Gasteiger partial charge in [-0.15, -0.1) is 0 Å². The maximum Gasteiger partial charge on any atom is 0.335 e. The van der Waals surface area contributed by atoms with Crippen molar-refractivity contribution >= 4 is 11.7 Å². The molecule has 0 saturated heterocycles. The molecule has 0 atom stereocenters. The van der Waals surface area contributed by atoms with Crippen molar-refractivity contribution < 1.29 is 19.9 Å². The number of hydrogen-bond acceptors (Lipinski definition) is 4. The van der Waals surface area contributed by atoms with Gasteiger partial charge in [0.1, 0.15) is 0 Å². The van der Waals surface area contributed by atoms with E-state index in [1.165, 1.54) is 6.07 Å². The molecular weight excluding hydrogens is 226 g/mol. The second kappa shape index (κ2) is 4.04. The van der Waals surface area contributed by atoms with Crippen molar-refractivity contribution in [2.45, 2.75) is 26.2 Å². The van der Waals surface area contributed by atoms with Crippen LogP contribution in [0.3, 0.4) is 0 Å². The van der Waals surface area contributed by atoms with Crippen LogP contribution in [0.25, 0.3) is 0 Å². The van der Waals surface area contributed by atoms with E-state index in [0.29, 0.717) is 0 Å². The van der Waals surface area contributed by atoms with Crippen LogP contribution < -0.4 is 0 Å². The van der Waals surface area contributed by atoms with Crippen molar-refractivity contribution in [3.8, 4) is 5.75 Å². The largest absolute Gasteiger partial charge is 0.502 e. The third-order valence-electron chi connectivity index (χ3n) is 2.34. The molecule has 1 aromatic carbocycles. The van der Waals surface area contributed by atoms with E-state index in [0.717, 1.165) is 6.07 Å². The lowest BCUT2D eigenvalue weighted by Crippen LogP contribution is -2.13. The number of hydrogen-bond donors (Lipinski definition) is 2. The lowest BCUT2D eigenvalue weighted by atomic mass is 9.85. The first-order chi connectivity index (χ1) is 7.64. The highest BCUT2D eigenvalue weighted by Gasteiger charge is 2.27. The second-order valence-electron chi connectivity index (χ2n) is 4.70. The molecule has 0 bridgehead atoms. The number of carboxylic acids is 1. The predicted molar refractivity (Wildman–Crippen MR) is 60.4 cm³/mol. The Balaban J connectivity index is 3.60. The highest BCUT2D eigenvalue weighted by molar-refractivity contribution is 5.89. The average Bonchev–Trinajstić information content (AvgIpc) is 2.15. The van der Waals surface area contributed by atoms with Crippen LogP contribution in [0.5, 0.6) is 5.75 Å². The molecule has 0 saturated carbocycles. The Labute approximate surface area is 97.7 Å². The van der Waals surface area contributed by atoms with Gasteiger partial charge in [0.05, 0.1) is 10.5 Å². The lowest BCUT2D eigenvalue weighted by molar-refractivity contribution is -0.386. The molecule has 2 N–H and O–H groups in total. The quantitative estimate of drug-likeness (QED) is 0.609. The molecule has 17 heavy (non-hydrogen) atoms. The summed E-state index contributed by atoms with van der Waals surface area (Å²) in [7, 11) is 0. The smallest absolute Gasteiger partial charge is 0.335 e. The highest BCUT2D eigenvalue weighted by Crippen LogP contribution is 2.38. The van der Waals surface area contributed by atoms with E-state index in [-0.39, 0.29) is 11.1 Å². The molecule has 0 aromatic heterocycles. The maximum atomic E-state index is 10.9. The zero-order valence-corrected chi connectivity index (χ0v) is 9.72. The Morgan fingerprint density at radius 1 is 1.35 bits per heavy atom. The van der Waals surface area contributed by atoms with Crippen LogP contribution in [0.2, 0.25) is 0 Å². The molecule has 0 amide bonds. The Kier molecular flexibility index (Phi) is 3.08. The van der Waals surface area contributed by atoms with Crippen LogP contribution >= 0.6 is 0 Å². The number of nitrogens with zero attached hydrogens (tertiary/aromatic N) is 1. The first-order valence-corrected chi connectivity index (χ1v) is 4.89. The normalized spacial score (nSPS) is 11.2. The number of rotatable bonds is 2. The van der Waals surface area contributed by atoms with E-state index in [1.54, 1.807) is 20.8 Å². The fraction of sp³-hybridized carbons (Fsp3) is 0.364. The SMILES string of the molecule is CC(C)(C)c1cc(C(=O)O)cc([N+](=O)[O-])c1O. The molecule has 0 spiro atoms. The summed E-state index contributed by atoms with van der Waals surface area (Å²) in [6.07, 6.45) is 0. The topological polar surface area (TPSA) is 101 Å². The molecule has 6 nitrogen and oxygen atoms in total. The monoisotopic (exact) mass is 239 g/mol. The fourth-order valence-electron chi connectivity index (χ4n) is 1.45. The minimum absolute atomic E-state index is 0.209. The first kappa shape index (κ1) is 13.0. The Hall–Kier alpha value is -2.11. The van der Waals surface area contributed by atoms with Crippen molar-refractivity contribution in [2.24, 2.45) is 0 Å². The van der Waals surface area contributed by atoms with E-state index in [2.05, 4.69) is 0 Å². The van der Waals surface area contributed by atoms with Crippen LogP contribution in [-0.4, -0.2) is 21.1 Å². The summed E-state index contributed by atoms with van der Waals surface area (Å²) in [6.45, 7) is 5.20. The third kappa shape index (κ3) is 2.52. The van der Waals surface area contributed by atoms with Crippen LogP contribution in [0, 0.1) is 10.1 Å². The third-order valence-corrected chi connectivity index (χ3v) is 2.34. The number of carbonyl (C=O) groups is 1. The maximum absolute atomic E-state index is 10.9. The van der Waals surface area contributed by atoms with E-state index < -0.39 is 27.7 Å². The number of carboxylic acid groups (broad SMARTS) is 1. The van der Waals surface area contributed by atoms with E-state index >= 15 is 0 Å². The number of nitro benzene ring substituents is 1. The highest BCUT2D eigenvalue weighted by atomic mass is 16.6. The molecule has 0 unspecified atom stereocenters. The number of phenols is 1. The molecule has 0 aliphatic rings. The van der Waals surface area contributed by atoms with Gasteiger partial charge in [-0.1, -0.05) is 20.8 Å². The van der Waals surface area contributed by atoms with Gasteiger partial charge in [0, 0.05) is 11.6 Å². The van der Waals surface area contributed by atoms with Gasteiger partial charge in [-0.2, -0.15) is 0 Å². The summed E-state index contributed by atoms with van der Waals surface area (Å²) in [5.74, 6) is -1.74. The van der Waals surface area contributed by atoms with Crippen LogP contribution in [0.15, 0.2) is 12.1 Å². The molecule has 1 aromatic rings. The summed E-state index contributed by atoms with van der Waals surface area (Å²) in [6, 6.07) is 2.11. The Bertz CT molecular complexity index is 487. The Morgan fingerprint density at radius 2 is 1.88 bits per heavy atom. The van der Waals surface area contributed by atoms with Gasteiger partial charge in [0.2, 0.25) is 0 Å². The molecule has 92 valence electrons. The van der Waals surface area contributed by atoms with Gasteiger partial charge < -0.3 is 10.2 Å². The van der Waals surface area contributed by atoms with Crippen molar-refractivity contribution in [1.29, 1.82) is 0 Å². The summed E-state index contributed by atoms with van der Waals surface area (Å²) in [5.41, 5.74) is -1.14. The zero-order chi connectivity index (χ0) is 13.4. The van der Waals surface area contributed by atoms with Gasteiger partial charge in [-0.05, 0) is 11.5 Å². The van der Waals surface area contributed by atoms with Crippen LogP contribution in [0.1, 0.15) is 36.7 Å². The molecule has 0 heterocycles. The predicted octanol–water partition coefficient (Wildman–Crippen LogP) is 2.30. The summed E-state index contributed by atoms with van der Waals surface area (Å²) >= 11 is 0.